The lowest BCUT2D eigenvalue weighted by Gasteiger charge is -2.09. The molecule has 34 heavy (non-hydrogen) atoms. The van der Waals surface area contributed by atoms with Crippen LogP contribution >= 0.6 is 22.7 Å². The number of pyridine rings is 1. The van der Waals surface area contributed by atoms with Crippen molar-refractivity contribution in [2.24, 2.45) is 12.8 Å². The number of carbonyl (C=O) groups excluding carboxylic acids is 2. The van der Waals surface area contributed by atoms with Gasteiger partial charge in [-0.1, -0.05) is 36.4 Å². The highest BCUT2D eigenvalue weighted by Crippen LogP contribution is 2.40. The Hall–Kier alpha value is -3.82. The van der Waals surface area contributed by atoms with E-state index in [1.165, 1.54) is 11.3 Å². The molecule has 3 N–H and O–H groups in total. The van der Waals surface area contributed by atoms with Gasteiger partial charge >= 0.3 is 0 Å². The summed E-state index contributed by atoms with van der Waals surface area (Å²) in [6.45, 7) is 3.77. The molecule has 7 nitrogen and oxygen atoms in total. The van der Waals surface area contributed by atoms with E-state index in [1.807, 2.05) is 68.7 Å². The minimum absolute atomic E-state index is 0.314. The number of nitrogens with zero attached hydrogens (tertiary/aromatic N) is 3. The van der Waals surface area contributed by atoms with Gasteiger partial charge in [0, 0.05) is 17.5 Å². The lowest BCUT2D eigenvalue weighted by molar-refractivity contribution is 0.100. The van der Waals surface area contributed by atoms with E-state index in [-0.39, 0.29) is 5.91 Å². The van der Waals surface area contributed by atoms with Crippen molar-refractivity contribution in [3.63, 3.8) is 0 Å². The van der Waals surface area contributed by atoms with Crippen LogP contribution in [0, 0.1) is 13.8 Å². The van der Waals surface area contributed by atoms with Crippen LogP contribution in [0.15, 0.2) is 53.9 Å². The molecule has 0 aliphatic carbocycles. The number of amides is 2. The van der Waals surface area contributed by atoms with Gasteiger partial charge in [0.15, 0.2) is 5.65 Å². The number of fused-ring (bicyclic) bond motifs is 1. The second kappa shape index (κ2) is 8.51. The Bertz CT molecular complexity index is 1550. The number of hydrogen-bond acceptors (Lipinski definition) is 6. The first-order chi connectivity index (χ1) is 16.3. The summed E-state index contributed by atoms with van der Waals surface area (Å²) < 4.78 is 1.68. The summed E-state index contributed by atoms with van der Waals surface area (Å²) >= 11 is 2.88. The number of aryl methyl sites for hydroxylation is 3. The minimum Gasteiger partial charge on any atom is -0.365 e. The Balaban J connectivity index is 1.64. The lowest BCUT2D eigenvalue weighted by Crippen LogP contribution is -2.18. The first kappa shape index (κ1) is 22.0. The molecule has 0 fully saturated rings. The monoisotopic (exact) mass is 487 g/mol. The number of rotatable bonds is 5. The highest BCUT2D eigenvalue weighted by atomic mass is 32.1. The van der Waals surface area contributed by atoms with Crippen LogP contribution in [-0.2, 0) is 7.05 Å². The highest BCUT2D eigenvalue weighted by molar-refractivity contribution is 7.17. The molecule has 0 saturated carbocycles. The van der Waals surface area contributed by atoms with Crippen molar-refractivity contribution in [1.29, 1.82) is 0 Å². The maximum Gasteiger partial charge on any atom is 0.257 e. The molecule has 1 aromatic carbocycles. The normalized spacial score (nSPS) is 11.1. The predicted molar refractivity (Wildman–Crippen MR) is 138 cm³/mol. The minimum atomic E-state index is -0.588. The van der Waals surface area contributed by atoms with Gasteiger partial charge in [-0.05, 0) is 36.9 Å². The molecule has 5 rings (SSSR count). The quantitative estimate of drug-likeness (QED) is 0.347. The number of hydrogen-bond donors (Lipinski definition) is 2. The third-order valence-electron chi connectivity index (χ3n) is 5.61. The molecule has 0 saturated heterocycles. The van der Waals surface area contributed by atoms with Crippen molar-refractivity contribution in [2.75, 3.05) is 5.32 Å². The lowest BCUT2D eigenvalue weighted by atomic mass is 10.0. The van der Waals surface area contributed by atoms with Crippen LogP contribution in [0.3, 0.4) is 0 Å². The molecule has 0 aliphatic rings. The molecule has 4 heterocycles. The molecule has 9 heteroatoms. The van der Waals surface area contributed by atoms with Crippen molar-refractivity contribution in [2.45, 2.75) is 13.8 Å². The van der Waals surface area contributed by atoms with Crippen LogP contribution in [0.4, 0.5) is 5.00 Å². The van der Waals surface area contributed by atoms with Crippen LogP contribution < -0.4 is 11.1 Å². The number of aromatic nitrogens is 3. The Morgan fingerprint density at radius 1 is 1.09 bits per heavy atom. The van der Waals surface area contributed by atoms with Gasteiger partial charge in [-0.15, -0.1) is 22.7 Å². The molecule has 4 aromatic heterocycles. The molecular formula is C25H21N5O2S2. The van der Waals surface area contributed by atoms with E-state index in [9.17, 15) is 9.59 Å². The van der Waals surface area contributed by atoms with Crippen LogP contribution in [0.25, 0.3) is 32.7 Å². The summed E-state index contributed by atoms with van der Waals surface area (Å²) in [6.07, 6.45) is 0. The number of nitrogens with one attached hydrogen (secondary N) is 1. The zero-order chi connectivity index (χ0) is 24.0. The Labute approximate surface area is 203 Å². The van der Waals surface area contributed by atoms with E-state index in [4.69, 9.17) is 10.7 Å². The Morgan fingerprint density at radius 2 is 1.85 bits per heavy atom. The van der Waals surface area contributed by atoms with Crippen molar-refractivity contribution >= 4 is 50.5 Å². The average molecular weight is 488 g/mol. The second-order valence-corrected chi connectivity index (χ2v) is 10.0. The maximum atomic E-state index is 13.6. The van der Waals surface area contributed by atoms with E-state index in [1.54, 1.807) is 22.1 Å². The fourth-order valence-electron chi connectivity index (χ4n) is 4.17. The molecule has 0 unspecified atom stereocenters. The SMILES string of the molecule is Cc1sc(NC(=O)c2cc(-c3cccs3)nc3c2c(C)nn3C)c(C(N)=O)c1-c1ccccc1. The topological polar surface area (TPSA) is 103 Å². The summed E-state index contributed by atoms with van der Waals surface area (Å²) in [5, 5.41) is 10.5. The van der Waals surface area contributed by atoms with Crippen molar-refractivity contribution in [1.82, 2.24) is 14.8 Å². The molecule has 5 aromatic rings. The third kappa shape index (κ3) is 3.68. The number of anilines is 1. The van der Waals surface area contributed by atoms with Gasteiger partial charge in [-0.3, -0.25) is 14.3 Å². The van der Waals surface area contributed by atoms with Crippen LogP contribution in [0.2, 0.25) is 0 Å². The van der Waals surface area contributed by atoms with Crippen molar-refractivity contribution in [3.05, 3.63) is 75.6 Å². The van der Waals surface area contributed by atoms with Gasteiger partial charge < -0.3 is 11.1 Å². The number of thiophene rings is 2. The van der Waals surface area contributed by atoms with Gasteiger partial charge in [-0.25, -0.2) is 4.98 Å². The summed E-state index contributed by atoms with van der Waals surface area (Å²) in [5.74, 6) is -0.931. The predicted octanol–water partition coefficient (Wildman–Crippen LogP) is 5.39. The summed E-state index contributed by atoms with van der Waals surface area (Å²) in [4.78, 5) is 32.7. The van der Waals surface area contributed by atoms with Gasteiger partial charge in [-0.2, -0.15) is 5.10 Å². The van der Waals surface area contributed by atoms with Crippen LogP contribution in [-0.4, -0.2) is 26.6 Å². The van der Waals surface area contributed by atoms with Crippen LogP contribution in [0.1, 0.15) is 31.3 Å². The molecule has 0 radical (unpaired) electrons. The van der Waals surface area contributed by atoms with Gasteiger partial charge in [0.2, 0.25) is 0 Å². The highest BCUT2D eigenvalue weighted by Gasteiger charge is 2.25. The Morgan fingerprint density at radius 3 is 2.53 bits per heavy atom. The standard InChI is InChI=1S/C25H21N5O2S2/c1-13-19-16(12-17(18-10-7-11-33-18)27-23(19)30(3)29-13)24(32)28-25-21(22(26)31)20(14(2)34-25)15-8-5-4-6-9-15/h4-12H,1-3H3,(H2,26,31)(H,28,32). The number of nitrogens with two attached hydrogens (primary N) is 1. The van der Waals surface area contributed by atoms with Crippen LogP contribution in [0.5, 0.6) is 0 Å². The van der Waals surface area contributed by atoms with Gasteiger partial charge in [0.25, 0.3) is 11.8 Å². The molecule has 0 spiro atoms. The van der Waals surface area contributed by atoms with Gasteiger partial charge in [0.1, 0.15) is 5.00 Å². The van der Waals surface area contributed by atoms with E-state index in [0.717, 1.165) is 20.9 Å². The number of primary amides is 1. The molecular weight excluding hydrogens is 466 g/mol. The summed E-state index contributed by atoms with van der Waals surface area (Å²) in [5.41, 5.74) is 10.2. The molecule has 2 amide bonds. The Kier molecular flexibility index (Phi) is 5.51. The maximum absolute atomic E-state index is 13.6. The first-order valence-corrected chi connectivity index (χ1v) is 12.2. The number of benzene rings is 1. The summed E-state index contributed by atoms with van der Waals surface area (Å²) in [6, 6.07) is 15.2. The van der Waals surface area contributed by atoms with Gasteiger partial charge in [0.05, 0.1) is 32.8 Å². The second-order valence-electron chi connectivity index (χ2n) is 7.86. The largest absolute Gasteiger partial charge is 0.365 e. The van der Waals surface area contributed by atoms with E-state index in [0.29, 0.717) is 38.5 Å². The molecule has 170 valence electrons. The van der Waals surface area contributed by atoms with Crippen molar-refractivity contribution in [3.8, 4) is 21.7 Å². The summed E-state index contributed by atoms with van der Waals surface area (Å²) in [7, 11) is 1.81. The third-order valence-corrected chi connectivity index (χ3v) is 7.52. The number of carbonyl (C=O) groups is 2. The zero-order valence-corrected chi connectivity index (χ0v) is 20.4. The van der Waals surface area contributed by atoms with E-state index in [2.05, 4.69) is 10.4 Å². The molecule has 0 aliphatic heterocycles. The van der Waals surface area contributed by atoms with Crippen molar-refractivity contribution < 1.29 is 9.59 Å². The smallest absolute Gasteiger partial charge is 0.257 e. The van der Waals surface area contributed by atoms with E-state index >= 15 is 0 Å². The molecule has 0 atom stereocenters. The average Bonchev–Trinajstić information content (AvgIpc) is 3.52. The fraction of sp³-hybridized carbons (Fsp3) is 0.120. The molecule has 0 bridgehead atoms. The zero-order valence-electron chi connectivity index (χ0n) is 18.7. The van der Waals surface area contributed by atoms with E-state index < -0.39 is 5.91 Å². The fourth-order valence-corrected chi connectivity index (χ4v) is 5.93. The first-order valence-electron chi connectivity index (χ1n) is 10.5.